The molecule has 3 unspecified atom stereocenters. The first-order valence-electron chi connectivity index (χ1n) is 9.49. The summed E-state index contributed by atoms with van der Waals surface area (Å²) in [5, 5.41) is 1.77. The number of likely N-dealkylation sites (tertiary alicyclic amines) is 1. The van der Waals surface area contributed by atoms with Gasteiger partial charge >= 0.3 is 0 Å². The van der Waals surface area contributed by atoms with Crippen LogP contribution in [-0.2, 0) is 22.9 Å². The minimum Gasteiger partial charge on any atom is -0.335 e. The van der Waals surface area contributed by atoms with Crippen LogP contribution < -0.4 is 4.72 Å². The smallest absolute Gasteiger partial charge is 0.264 e. The lowest BCUT2D eigenvalue weighted by atomic mass is 9.99. The molecule has 2 aromatic rings. The zero-order valence-electron chi connectivity index (χ0n) is 14.9. The van der Waals surface area contributed by atoms with Crippen LogP contribution in [-0.4, -0.2) is 37.9 Å². The van der Waals surface area contributed by atoms with Crippen molar-refractivity contribution in [3.05, 3.63) is 38.9 Å². The van der Waals surface area contributed by atoms with Crippen LogP contribution in [0.5, 0.6) is 0 Å². The average molecular weight is 423 g/mol. The number of rotatable bonds is 4. The third-order valence-corrected chi connectivity index (χ3v) is 10.2. The minimum atomic E-state index is -3.45. The molecule has 1 amide bonds. The van der Waals surface area contributed by atoms with Crippen molar-refractivity contribution < 1.29 is 13.2 Å². The highest BCUT2D eigenvalue weighted by atomic mass is 32.2. The summed E-state index contributed by atoms with van der Waals surface area (Å²) >= 11 is 2.90. The molecule has 2 aromatic heterocycles. The minimum absolute atomic E-state index is 0.0670. The van der Waals surface area contributed by atoms with Crippen molar-refractivity contribution >= 4 is 38.6 Å². The molecule has 2 bridgehead atoms. The number of piperidine rings is 1. The Morgan fingerprint density at radius 1 is 1.22 bits per heavy atom. The molecule has 1 saturated carbocycles. The fraction of sp³-hybridized carbons (Fsp3) is 0.526. The molecule has 0 spiro atoms. The largest absolute Gasteiger partial charge is 0.335 e. The van der Waals surface area contributed by atoms with Crippen LogP contribution in [0.1, 0.15) is 45.8 Å². The van der Waals surface area contributed by atoms with E-state index in [0.29, 0.717) is 17.2 Å². The molecular weight excluding hydrogens is 400 g/mol. The molecular formula is C19H22N2O3S3. The second-order valence-corrected chi connectivity index (χ2v) is 11.8. The Morgan fingerprint density at radius 2 is 2.07 bits per heavy atom. The van der Waals surface area contributed by atoms with Crippen molar-refractivity contribution in [1.29, 1.82) is 0 Å². The van der Waals surface area contributed by atoms with Gasteiger partial charge in [-0.2, -0.15) is 0 Å². The first-order valence-corrected chi connectivity index (χ1v) is 12.7. The molecule has 144 valence electrons. The lowest BCUT2D eigenvalue weighted by Gasteiger charge is -2.31. The van der Waals surface area contributed by atoms with Gasteiger partial charge in [0.1, 0.15) is 4.21 Å². The number of hydrogen-bond acceptors (Lipinski definition) is 5. The fourth-order valence-corrected chi connectivity index (χ4v) is 8.29. The van der Waals surface area contributed by atoms with Crippen molar-refractivity contribution in [3.8, 4) is 0 Å². The van der Waals surface area contributed by atoms with Gasteiger partial charge in [-0.05, 0) is 67.5 Å². The van der Waals surface area contributed by atoms with Crippen LogP contribution >= 0.6 is 22.7 Å². The number of thiophene rings is 2. The van der Waals surface area contributed by atoms with Gasteiger partial charge in [0.2, 0.25) is 10.0 Å². The van der Waals surface area contributed by atoms with Gasteiger partial charge in [0.05, 0.1) is 4.88 Å². The number of carbonyl (C=O) groups is 1. The maximum Gasteiger partial charge on any atom is 0.264 e. The first kappa shape index (κ1) is 17.8. The van der Waals surface area contributed by atoms with E-state index in [9.17, 15) is 13.2 Å². The van der Waals surface area contributed by atoms with Gasteiger partial charge in [0.25, 0.3) is 5.91 Å². The number of aryl methyl sites for hydroxylation is 2. The van der Waals surface area contributed by atoms with Gasteiger partial charge in [-0.3, -0.25) is 4.79 Å². The van der Waals surface area contributed by atoms with E-state index < -0.39 is 10.0 Å². The van der Waals surface area contributed by atoms with Crippen LogP contribution in [0.3, 0.4) is 0 Å². The quantitative estimate of drug-likeness (QED) is 0.822. The molecule has 3 heterocycles. The Balaban J connectivity index is 1.27. The second-order valence-electron chi connectivity index (χ2n) is 7.77. The van der Waals surface area contributed by atoms with E-state index in [1.807, 2.05) is 4.90 Å². The van der Waals surface area contributed by atoms with E-state index in [1.165, 1.54) is 34.6 Å². The van der Waals surface area contributed by atoms with Crippen LogP contribution in [0.2, 0.25) is 0 Å². The summed E-state index contributed by atoms with van der Waals surface area (Å²) in [4.78, 5) is 17.3. The summed E-state index contributed by atoms with van der Waals surface area (Å²) in [6.07, 6.45) is 6.25. The second kappa shape index (κ2) is 6.69. The van der Waals surface area contributed by atoms with Crippen molar-refractivity contribution in [2.45, 2.75) is 54.8 Å². The molecule has 0 radical (unpaired) electrons. The van der Waals surface area contributed by atoms with E-state index >= 15 is 0 Å². The Bertz CT molecular complexity index is 941. The summed E-state index contributed by atoms with van der Waals surface area (Å²) in [5.74, 6) is 0.352. The highest BCUT2D eigenvalue weighted by Crippen LogP contribution is 2.40. The Morgan fingerprint density at radius 3 is 2.78 bits per heavy atom. The van der Waals surface area contributed by atoms with E-state index in [-0.39, 0.29) is 23.9 Å². The molecule has 0 aromatic carbocycles. The highest BCUT2D eigenvalue weighted by Gasteiger charge is 2.48. The van der Waals surface area contributed by atoms with E-state index in [4.69, 9.17) is 0 Å². The van der Waals surface area contributed by atoms with Gasteiger partial charge in [-0.25, -0.2) is 13.1 Å². The number of nitrogens with one attached hydrogen (secondary N) is 1. The third-order valence-electron chi connectivity index (χ3n) is 6.08. The lowest BCUT2D eigenvalue weighted by Crippen LogP contribution is -2.47. The lowest BCUT2D eigenvalue weighted by molar-refractivity contribution is 0.0696. The summed E-state index contributed by atoms with van der Waals surface area (Å²) in [6.45, 7) is 0.656. The predicted molar refractivity (Wildman–Crippen MR) is 107 cm³/mol. The zero-order valence-corrected chi connectivity index (χ0v) is 17.3. The number of amides is 1. The van der Waals surface area contributed by atoms with Gasteiger partial charge in [-0.1, -0.05) is 6.07 Å². The first-order chi connectivity index (χ1) is 13.0. The topological polar surface area (TPSA) is 66.5 Å². The SMILES string of the molecule is O=C(c1cc2c(s1)CCCC2)N1CC2CC1CC2NS(=O)(=O)c1cccs1. The Hall–Kier alpha value is -1.22. The zero-order chi connectivity index (χ0) is 18.6. The summed E-state index contributed by atoms with van der Waals surface area (Å²) in [5.41, 5.74) is 1.36. The summed E-state index contributed by atoms with van der Waals surface area (Å²) in [6, 6.07) is 5.57. The maximum absolute atomic E-state index is 13.0. The molecule has 3 atom stereocenters. The van der Waals surface area contributed by atoms with Gasteiger partial charge < -0.3 is 4.90 Å². The van der Waals surface area contributed by atoms with E-state index in [2.05, 4.69) is 10.8 Å². The van der Waals surface area contributed by atoms with Gasteiger partial charge in [0, 0.05) is 23.5 Å². The molecule has 1 saturated heterocycles. The molecule has 27 heavy (non-hydrogen) atoms. The number of fused-ring (bicyclic) bond motifs is 3. The van der Waals surface area contributed by atoms with Crippen LogP contribution in [0, 0.1) is 5.92 Å². The van der Waals surface area contributed by atoms with Crippen molar-refractivity contribution in [2.75, 3.05) is 6.54 Å². The molecule has 2 fully saturated rings. The van der Waals surface area contributed by atoms with Crippen molar-refractivity contribution in [2.24, 2.45) is 5.92 Å². The van der Waals surface area contributed by atoms with E-state index in [1.54, 1.807) is 28.8 Å². The standard InChI is InChI=1S/C19H22N2O3S3/c22-19(17-9-12-4-1-2-5-16(12)26-17)21-11-13-8-14(21)10-15(13)20-27(23,24)18-6-3-7-25-18/h3,6-7,9,13-15,20H,1-2,4-5,8,10-11H2. The average Bonchev–Trinajstić information content (AvgIpc) is 3.42. The van der Waals surface area contributed by atoms with Crippen molar-refractivity contribution in [3.63, 3.8) is 0 Å². The molecule has 1 aliphatic heterocycles. The Labute approximate surface area is 167 Å². The summed E-state index contributed by atoms with van der Waals surface area (Å²) in [7, 11) is -3.45. The van der Waals surface area contributed by atoms with Gasteiger partial charge in [-0.15, -0.1) is 22.7 Å². The number of sulfonamides is 1. The molecule has 3 aliphatic rings. The molecule has 2 aliphatic carbocycles. The molecule has 8 heteroatoms. The summed E-state index contributed by atoms with van der Waals surface area (Å²) < 4.78 is 28.2. The fourth-order valence-electron chi connectivity index (χ4n) is 4.76. The predicted octanol–water partition coefficient (Wildman–Crippen LogP) is 3.27. The van der Waals surface area contributed by atoms with Gasteiger partial charge in [0.15, 0.2) is 0 Å². The maximum atomic E-state index is 13.0. The normalized spacial score (nSPS) is 27.1. The monoisotopic (exact) mass is 422 g/mol. The van der Waals surface area contributed by atoms with Crippen LogP contribution in [0.25, 0.3) is 0 Å². The number of nitrogens with zero attached hydrogens (tertiary/aromatic N) is 1. The van der Waals surface area contributed by atoms with E-state index in [0.717, 1.165) is 24.1 Å². The van der Waals surface area contributed by atoms with Crippen molar-refractivity contribution in [1.82, 2.24) is 9.62 Å². The highest BCUT2D eigenvalue weighted by molar-refractivity contribution is 7.91. The number of hydrogen-bond donors (Lipinski definition) is 1. The Kier molecular flexibility index (Phi) is 4.42. The molecule has 1 N–H and O–H groups in total. The number of carbonyl (C=O) groups excluding carboxylic acids is 1. The molecule has 5 rings (SSSR count). The van der Waals surface area contributed by atoms with Crippen LogP contribution in [0.15, 0.2) is 27.8 Å². The third kappa shape index (κ3) is 3.16. The molecule has 5 nitrogen and oxygen atoms in total. The van der Waals surface area contributed by atoms with Crippen LogP contribution in [0.4, 0.5) is 0 Å².